The number of piperidine rings is 1. The van der Waals surface area contributed by atoms with Gasteiger partial charge >= 0.3 is 0 Å². The van der Waals surface area contributed by atoms with Gasteiger partial charge in [0.05, 0.1) is 13.2 Å². The Bertz CT molecular complexity index is 501. The van der Waals surface area contributed by atoms with E-state index >= 15 is 0 Å². The van der Waals surface area contributed by atoms with E-state index in [1.54, 1.807) is 0 Å². The fourth-order valence-corrected chi connectivity index (χ4v) is 2.80. The molecule has 122 valence electrons. The number of rotatable bonds is 6. The molecule has 1 heterocycles. The van der Waals surface area contributed by atoms with E-state index in [1.165, 1.54) is 6.42 Å². The number of hydrogen-bond acceptors (Lipinski definition) is 3. The maximum Gasteiger partial charge on any atom is 0.254 e. The van der Waals surface area contributed by atoms with Crippen LogP contribution in [0.2, 0.25) is 0 Å². The summed E-state index contributed by atoms with van der Waals surface area (Å²) in [6.07, 6.45) is 3.23. The molecule has 0 bridgehead atoms. The van der Waals surface area contributed by atoms with E-state index in [0.29, 0.717) is 36.2 Å². The zero-order chi connectivity index (χ0) is 15.9. The highest BCUT2D eigenvalue weighted by molar-refractivity contribution is 5.95. The SMILES string of the molecule is CCCOc1ccc(C(=O)N2CCCC(C)C2)cc1OCC. The van der Waals surface area contributed by atoms with Gasteiger partial charge in [0.1, 0.15) is 0 Å². The van der Waals surface area contributed by atoms with Crippen LogP contribution < -0.4 is 9.47 Å². The van der Waals surface area contributed by atoms with Crippen molar-refractivity contribution in [2.45, 2.75) is 40.0 Å². The third kappa shape index (κ3) is 4.15. The van der Waals surface area contributed by atoms with E-state index in [1.807, 2.05) is 30.0 Å². The van der Waals surface area contributed by atoms with Crippen molar-refractivity contribution in [3.63, 3.8) is 0 Å². The molecule has 4 nitrogen and oxygen atoms in total. The van der Waals surface area contributed by atoms with Crippen LogP contribution in [-0.2, 0) is 0 Å². The molecule has 1 atom stereocenters. The van der Waals surface area contributed by atoms with Gasteiger partial charge in [0.2, 0.25) is 0 Å². The summed E-state index contributed by atoms with van der Waals surface area (Å²) in [6.45, 7) is 9.10. The third-order valence-corrected chi connectivity index (χ3v) is 3.90. The summed E-state index contributed by atoms with van der Waals surface area (Å²) in [5, 5.41) is 0. The molecule has 1 aliphatic heterocycles. The summed E-state index contributed by atoms with van der Waals surface area (Å²) in [4.78, 5) is 14.6. The van der Waals surface area contributed by atoms with Crippen LogP contribution in [0.3, 0.4) is 0 Å². The first-order valence-corrected chi connectivity index (χ1v) is 8.34. The van der Waals surface area contributed by atoms with Crippen molar-refractivity contribution in [2.75, 3.05) is 26.3 Å². The molecule has 1 aromatic carbocycles. The van der Waals surface area contributed by atoms with Gasteiger partial charge in [-0.25, -0.2) is 0 Å². The highest BCUT2D eigenvalue weighted by atomic mass is 16.5. The van der Waals surface area contributed by atoms with Crippen molar-refractivity contribution in [2.24, 2.45) is 5.92 Å². The summed E-state index contributed by atoms with van der Waals surface area (Å²) in [6, 6.07) is 5.51. The van der Waals surface area contributed by atoms with Crippen LogP contribution in [0.25, 0.3) is 0 Å². The van der Waals surface area contributed by atoms with Gasteiger partial charge in [-0.15, -0.1) is 0 Å². The van der Waals surface area contributed by atoms with Crippen molar-refractivity contribution < 1.29 is 14.3 Å². The molecule has 4 heteroatoms. The molecule has 1 amide bonds. The van der Waals surface area contributed by atoms with Gasteiger partial charge in [-0.05, 0) is 50.3 Å². The molecule has 0 N–H and O–H groups in total. The Morgan fingerprint density at radius 3 is 2.77 bits per heavy atom. The minimum atomic E-state index is 0.0922. The van der Waals surface area contributed by atoms with Crippen molar-refractivity contribution in [3.8, 4) is 11.5 Å². The topological polar surface area (TPSA) is 38.8 Å². The molecular formula is C18H27NO3. The van der Waals surface area contributed by atoms with Gasteiger partial charge < -0.3 is 14.4 Å². The Kier molecular flexibility index (Phi) is 6.10. The Morgan fingerprint density at radius 1 is 1.27 bits per heavy atom. The lowest BCUT2D eigenvalue weighted by molar-refractivity contribution is 0.0682. The molecule has 0 aliphatic carbocycles. The molecule has 0 saturated carbocycles. The van der Waals surface area contributed by atoms with Gasteiger partial charge in [0.15, 0.2) is 11.5 Å². The van der Waals surface area contributed by atoms with Crippen molar-refractivity contribution in [3.05, 3.63) is 23.8 Å². The first kappa shape index (κ1) is 16.7. The van der Waals surface area contributed by atoms with Gasteiger partial charge in [-0.2, -0.15) is 0 Å². The number of ether oxygens (including phenoxy) is 2. The Hall–Kier alpha value is -1.71. The van der Waals surface area contributed by atoms with Crippen molar-refractivity contribution in [1.82, 2.24) is 4.90 Å². The zero-order valence-electron chi connectivity index (χ0n) is 13.9. The first-order valence-electron chi connectivity index (χ1n) is 8.34. The molecule has 0 spiro atoms. The average molecular weight is 305 g/mol. The van der Waals surface area contributed by atoms with Crippen LogP contribution in [0.1, 0.15) is 50.4 Å². The lowest BCUT2D eigenvalue weighted by Gasteiger charge is -2.31. The molecule has 0 aromatic heterocycles. The van der Waals surface area contributed by atoms with E-state index in [9.17, 15) is 4.79 Å². The highest BCUT2D eigenvalue weighted by Gasteiger charge is 2.23. The quantitative estimate of drug-likeness (QED) is 0.803. The van der Waals surface area contributed by atoms with Gasteiger partial charge in [-0.3, -0.25) is 4.79 Å². The second-order valence-corrected chi connectivity index (χ2v) is 5.94. The largest absolute Gasteiger partial charge is 0.490 e. The molecule has 22 heavy (non-hydrogen) atoms. The number of hydrogen-bond donors (Lipinski definition) is 0. The zero-order valence-corrected chi connectivity index (χ0v) is 13.9. The number of likely N-dealkylation sites (tertiary alicyclic amines) is 1. The first-order chi connectivity index (χ1) is 10.7. The summed E-state index contributed by atoms with van der Waals surface area (Å²) < 4.78 is 11.3. The lowest BCUT2D eigenvalue weighted by atomic mass is 9.99. The number of carbonyl (C=O) groups is 1. The number of nitrogens with zero attached hydrogens (tertiary/aromatic N) is 1. The number of benzene rings is 1. The Balaban J connectivity index is 2.16. The fourth-order valence-electron chi connectivity index (χ4n) is 2.80. The second-order valence-electron chi connectivity index (χ2n) is 5.94. The van der Waals surface area contributed by atoms with Crippen molar-refractivity contribution in [1.29, 1.82) is 0 Å². The monoisotopic (exact) mass is 305 g/mol. The van der Waals surface area contributed by atoms with E-state index in [0.717, 1.165) is 25.9 Å². The van der Waals surface area contributed by atoms with Crippen LogP contribution in [0, 0.1) is 5.92 Å². The van der Waals surface area contributed by atoms with Crippen LogP contribution >= 0.6 is 0 Å². The van der Waals surface area contributed by atoms with Crippen LogP contribution in [0.5, 0.6) is 11.5 Å². The van der Waals surface area contributed by atoms with Gasteiger partial charge in [0, 0.05) is 18.7 Å². The Morgan fingerprint density at radius 2 is 2.09 bits per heavy atom. The predicted molar refractivity (Wildman–Crippen MR) is 87.7 cm³/mol. The molecule has 1 saturated heterocycles. The molecular weight excluding hydrogens is 278 g/mol. The molecule has 0 radical (unpaired) electrons. The van der Waals surface area contributed by atoms with Crippen LogP contribution in [-0.4, -0.2) is 37.1 Å². The third-order valence-electron chi connectivity index (χ3n) is 3.90. The molecule has 1 aromatic rings. The smallest absolute Gasteiger partial charge is 0.254 e. The molecule has 1 aliphatic rings. The summed E-state index contributed by atoms with van der Waals surface area (Å²) in [5.41, 5.74) is 0.682. The predicted octanol–water partition coefficient (Wildman–Crippen LogP) is 3.75. The molecule has 2 rings (SSSR count). The maximum absolute atomic E-state index is 12.7. The summed E-state index contributed by atoms with van der Waals surface area (Å²) in [7, 11) is 0. The van der Waals surface area contributed by atoms with Crippen molar-refractivity contribution >= 4 is 5.91 Å². The highest BCUT2D eigenvalue weighted by Crippen LogP contribution is 2.29. The number of carbonyl (C=O) groups excluding carboxylic acids is 1. The molecule has 1 fully saturated rings. The minimum absolute atomic E-state index is 0.0922. The van der Waals surface area contributed by atoms with E-state index in [4.69, 9.17) is 9.47 Å². The van der Waals surface area contributed by atoms with Crippen LogP contribution in [0.4, 0.5) is 0 Å². The maximum atomic E-state index is 12.7. The normalized spacial score (nSPS) is 18.1. The number of amides is 1. The standard InChI is InChI=1S/C18H27NO3/c1-4-11-22-16-9-8-15(12-17(16)21-5-2)18(20)19-10-6-7-14(3)13-19/h8-9,12,14H,4-7,10-11,13H2,1-3H3. The fraction of sp³-hybridized carbons (Fsp3) is 0.611. The molecule has 1 unspecified atom stereocenters. The lowest BCUT2D eigenvalue weighted by Crippen LogP contribution is -2.39. The van der Waals surface area contributed by atoms with Gasteiger partial charge in [0.25, 0.3) is 5.91 Å². The average Bonchev–Trinajstić information content (AvgIpc) is 2.53. The second kappa shape index (κ2) is 8.06. The Labute approximate surface area is 133 Å². The summed E-state index contributed by atoms with van der Waals surface area (Å²) in [5.74, 6) is 2.05. The van der Waals surface area contributed by atoms with Crippen LogP contribution in [0.15, 0.2) is 18.2 Å². The van der Waals surface area contributed by atoms with E-state index in [-0.39, 0.29) is 5.91 Å². The summed E-state index contributed by atoms with van der Waals surface area (Å²) >= 11 is 0. The minimum Gasteiger partial charge on any atom is -0.490 e. The van der Waals surface area contributed by atoms with E-state index < -0.39 is 0 Å². The van der Waals surface area contributed by atoms with Gasteiger partial charge in [-0.1, -0.05) is 13.8 Å². The van der Waals surface area contributed by atoms with E-state index in [2.05, 4.69) is 13.8 Å².